The largest absolute Gasteiger partial charge is 0.487 e. The summed E-state index contributed by atoms with van der Waals surface area (Å²) in [6.45, 7) is 0.217. The molecule has 5 heteroatoms. The number of pyridine rings is 1. The second kappa shape index (κ2) is 5.58. The SMILES string of the molecule is Nc1nc2ccccc2cc1COc1ccc(F)cc1Cl. The van der Waals surface area contributed by atoms with Crippen LogP contribution < -0.4 is 10.5 Å². The van der Waals surface area contributed by atoms with Crippen molar-refractivity contribution in [3.05, 3.63) is 64.9 Å². The van der Waals surface area contributed by atoms with Gasteiger partial charge in [-0.15, -0.1) is 0 Å². The average Bonchev–Trinajstić information content (AvgIpc) is 2.46. The monoisotopic (exact) mass is 302 g/mol. The van der Waals surface area contributed by atoms with Gasteiger partial charge in [0.2, 0.25) is 0 Å². The Morgan fingerprint density at radius 3 is 2.76 bits per heavy atom. The van der Waals surface area contributed by atoms with Crippen molar-refractivity contribution in [1.82, 2.24) is 4.98 Å². The van der Waals surface area contributed by atoms with Crippen LogP contribution >= 0.6 is 11.6 Å². The molecule has 0 atom stereocenters. The van der Waals surface area contributed by atoms with E-state index in [1.54, 1.807) is 0 Å². The molecule has 0 saturated heterocycles. The Morgan fingerprint density at radius 1 is 1.14 bits per heavy atom. The van der Waals surface area contributed by atoms with Crippen molar-refractivity contribution in [3.63, 3.8) is 0 Å². The van der Waals surface area contributed by atoms with Gasteiger partial charge in [-0.1, -0.05) is 29.8 Å². The Kier molecular flexibility index (Phi) is 3.62. The zero-order valence-corrected chi connectivity index (χ0v) is 11.8. The van der Waals surface area contributed by atoms with Crippen LogP contribution in [0.4, 0.5) is 10.2 Å². The van der Waals surface area contributed by atoms with E-state index in [1.807, 2.05) is 30.3 Å². The molecule has 0 unspecified atom stereocenters. The summed E-state index contributed by atoms with van der Waals surface area (Å²) in [7, 11) is 0. The van der Waals surface area contributed by atoms with Crippen LogP contribution in [0.15, 0.2) is 48.5 Å². The van der Waals surface area contributed by atoms with Gasteiger partial charge in [0.15, 0.2) is 0 Å². The number of para-hydroxylation sites is 1. The molecule has 1 heterocycles. The maximum absolute atomic E-state index is 13.0. The van der Waals surface area contributed by atoms with Gasteiger partial charge in [-0.3, -0.25) is 0 Å². The second-order valence-corrected chi connectivity index (χ2v) is 5.00. The van der Waals surface area contributed by atoms with Crippen molar-refractivity contribution in [1.29, 1.82) is 0 Å². The number of nitrogens with two attached hydrogens (primary N) is 1. The third kappa shape index (κ3) is 2.90. The lowest BCUT2D eigenvalue weighted by Crippen LogP contribution is -2.03. The molecule has 0 saturated carbocycles. The van der Waals surface area contributed by atoms with Crippen molar-refractivity contribution >= 4 is 28.3 Å². The standard InChI is InChI=1S/C16H12ClFN2O/c17-13-8-12(18)5-6-15(13)21-9-11-7-10-3-1-2-4-14(10)20-16(11)19/h1-8H,9H2,(H2,19,20). The third-order valence-electron chi connectivity index (χ3n) is 3.11. The Labute approximate surface area is 126 Å². The molecule has 21 heavy (non-hydrogen) atoms. The van der Waals surface area contributed by atoms with Crippen LogP contribution in [0.2, 0.25) is 5.02 Å². The molecular formula is C16H12ClFN2O. The first kappa shape index (κ1) is 13.6. The molecular weight excluding hydrogens is 291 g/mol. The predicted octanol–water partition coefficient (Wildman–Crippen LogP) is 4.19. The molecule has 0 amide bonds. The van der Waals surface area contributed by atoms with Gasteiger partial charge in [0, 0.05) is 10.9 Å². The molecule has 0 fully saturated rings. The number of ether oxygens (including phenoxy) is 1. The summed E-state index contributed by atoms with van der Waals surface area (Å²) in [5.41, 5.74) is 7.52. The Bertz CT molecular complexity index is 807. The molecule has 3 nitrogen and oxygen atoms in total. The Hall–Kier alpha value is -2.33. The van der Waals surface area contributed by atoms with E-state index >= 15 is 0 Å². The van der Waals surface area contributed by atoms with Gasteiger partial charge in [-0.05, 0) is 30.3 Å². The highest BCUT2D eigenvalue weighted by Gasteiger charge is 2.07. The summed E-state index contributed by atoms with van der Waals surface area (Å²) in [6, 6.07) is 13.6. The van der Waals surface area contributed by atoms with E-state index in [0.717, 1.165) is 16.5 Å². The maximum Gasteiger partial charge on any atom is 0.138 e. The number of nitrogen functional groups attached to an aromatic ring is 1. The lowest BCUT2D eigenvalue weighted by Gasteiger charge is -2.10. The zero-order valence-electron chi connectivity index (χ0n) is 11.0. The minimum atomic E-state index is -0.403. The molecule has 1 aromatic heterocycles. The van der Waals surface area contributed by atoms with Gasteiger partial charge in [0.25, 0.3) is 0 Å². The number of hydrogen-bond donors (Lipinski definition) is 1. The van der Waals surface area contributed by atoms with Crippen LogP contribution in [0.1, 0.15) is 5.56 Å². The lowest BCUT2D eigenvalue weighted by atomic mass is 10.1. The average molecular weight is 303 g/mol. The van der Waals surface area contributed by atoms with Gasteiger partial charge in [0.1, 0.15) is 24.0 Å². The van der Waals surface area contributed by atoms with E-state index in [9.17, 15) is 4.39 Å². The maximum atomic E-state index is 13.0. The molecule has 0 aliphatic rings. The van der Waals surface area contributed by atoms with E-state index in [-0.39, 0.29) is 11.6 Å². The zero-order chi connectivity index (χ0) is 14.8. The van der Waals surface area contributed by atoms with Crippen molar-refractivity contribution in [3.8, 4) is 5.75 Å². The summed E-state index contributed by atoms with van der Waals surface area (Å²) in [4.78, 5) is 4.33. The topological polar surface area (TPSA) is 48.1 Å². The number of hydrogen-bond acceptors (Lipinski definition) is 3. The van der Waals surface area contributed by atoms with Crippen LogP contribution in [-0.2, 0) is 6.61 Å². The molecule has 106 valence electrons. The number of aromatic nitrogens is 1. The van der Waals surface area contributed by atoms with E-state index in [4.69, 9.17) is 22.1 Å². The molecule has 2 N–H and O–H groups in total. The number of nitrogens with zero attached hydrogens (tertiary/aromatic N) is 1. The number of fused-ring (bicyclic) bond motifs is 1. The van der Waals surface area contributed by atoms with E-state index in [2.05, 4.69) is 4.98 Å². The van der Waals surface area contributed by atoms with Crippen molar-refractivity contribution in [2.24, 2.45) is 0 Å². The van der Waals surface area contributed by atoms with Crippen molar-refractivity contribution in [2.75, 3.05) is 5.73 Å². The first-order valence-corrected chi connectivity index (χ1v) is 6.73. The minimum Gasteiger partial charge on any atom is -0.487 e. The third-order valence-corrected chi connectivity index (χ3v) is 3.41. The smallest absolute Gasteiger partial charge is 0.138 e. The number of halogens is 2. The lowest BCUT2D eigenvalue weighted by molar-refractivity contribution is 0.306. The van der Waals surface area contributed by atoms with Crippen molar-refractivity contribution in [2.45, 2.75) is 6.61 Å². The van der Waals surface area contributed by atoms with Gasteiger partial charge >= 0.3 is 0 Å². The second-order valence-electron chi connectivity index (χ2n) is 4.59. The molecule has 3 aromatic rings. The quantitative estimate of drug-likeness (QED) is 0.789. The van der Waals surface area contributed by atoms with Gasteiger partial charge in [-0.2, -0.15) is 0 Å². The van der Waals surface area contributed by atoms with Crippen LogP contribution in [0.5, 0.6) is 5.75 Å². The highest BCUT2D eigenvalue weighted by atomic mass is 35.5. The number of rotatable bonds is 3. The summed E-state index contributed by atoms with van der Waals surface area (Å²) in [5.74, 6) is 0.414. The number of benzene rings is 2. The van der Waals surface area contributed by atoms with Gasteiger partial charge in [-0.25, -0.2) is 9.37 Å². The van der Waals surface area contributed by atoms with E-state index in [0.29, 0.717) is 11.6 Å². The van der Waals surface area contributed by atoms with E-state index < -0.39 is 5.82 Å². The fourth-order valence-corrected chi connectivity index (χ4v) is 2.26. The molecule has 0 spiro atoms. The summed E-state index contributed by atoms with van der Waals surface area (Å²) >= 11 is 5.92. The highest BCUT2D eigenvalue weighted by Crippen LogP contribution is 2.27. The molecule has 0 aliphatic carbocycles. The van der Waals surface area contributed by atoms with Crippen LogP contribution in [0, 0.1) is 5.82 Å². The molecule has 0 bridgehead atoms. The number of anilines is 1. The summed E-state index contributed by atoms with van der Waals surface area (Å²) in [5, 5.41) is 1.21. The Morgan fingerprint density at radius 2 is 1.95 bits per heavy atom. The van der Waals surface area contributed by atoms with Crippen molar-refractivity contribution < 1.29 is 9.13 Å². The molecule has 0 radical (unpaired) electrons. The summed E-state index contributed by atoms with van der Waals surface area (Å²) < 4.78 is 18.6. The fraction of sp³-hybridized carbons (Fsp3) is 0.0625. The fourth-order valence-electron chi connectivity index (χ4n) is 2.04. The first-order chi connectivity index (χ1) is 10.1. The normalized spacial score (nSPS) is 10.8. The Balaban J connectivity index is 1.86. The first-order valence-electron chi connectivity index (χ1n) is 6.35. The van der Waals surface area contributed by atoms with Gasteiger partial charge < -0.3 is 10.5 Å². The highest BCUT2D eigenvalue weighted by molar-refractivity contribution is 6.32. The predicted molar refractivity (Wildman–Crippen MR) is 81.9 cm³/mol. The van der Waals surface area contributed by atoms with E-state index in [1.165, 1.54) is 18.2 Å². The van der Waals surface area contributed by atoms with Crippen LogP contribution in [-0.4, -0.2) is 4.98 Å². The molecule has 2 aromatic carbocycles. The minimum absolute atomic E-state index is 0.217. The molecule has 0 aliphatic heterocycles. The van der Waals surface area contributed by atoms with Crippen LogP contribution in [0.25, 0.3) is 10.9 Å². The van der Waals surface area contributed by atoms with Gasteiger partial charge in [0.05, 0.1) is 10.5 Å². The summed E-state index contributed by atoms with van der Waals surface area (Å²) in [6.07, 6.45) is 0. The molecule has 3 rings (SSSR count). The van der Waals surface area contributed by atoms with Crippen LogP contribution in [0.3, 0.4) is 0 Å².